The Morgan fingerprint density at radius 1 is 0.690 bits per heavy atom. The molecule has 0 spiro atoms. The van der Waals surface area contributed by atoms with E-state index in [2.05, 4.69) is 5.32 Å². The molecule has 0 aliphatic carbocycles. The van der Waals surface area contributed by atoms with Crippen LogP contribution in [0.2, 0.25) is 0 Å². The van der Waals surface area contributed by atoms with Crippen LogP contribution in [0.3, 0.4) is 0 Å². The number of esters is 1. The van der Waals surface area contributed by atoms with E-state index in [0.29, 0.717) is 11.3 Å². The number of hydrogen-bond donors (Lipinski definition) is 1. The summed E-state index contributed by atoms with van der Waals surface area (Å²) in [5, 5.41) is 2.68. The second-order valence-corrected chi connectivity index (χ2v) is 6.44. The molecule has 0 fully saturated rings. The number of ketones is 1. The number of carbonyl (C=O) groups excluding carboxylic acids is 3. The molecule has 5 heteroatoms. The summed E-state index contributed by atoms with van der Waals surface area (Å²) in [7, 11) is 0. The molecule has 0 saturated heterocycles. The lowest BCUT2D eigenvalue weighted by Gasteiger charge is -2.08. The maximum atomic E-state index is 12.0. The third-order valence-electron chi connectivity index (χ3n) is 4.29. The maximum Gasteiger partial charge on any atom is 0.306 e. The molecule has 3 aromatic carbocycles. The Balaban J connectivity index is 1.41. The van der Waals surface area contributed by atoms with Crippen LogP contribution in [0.4, 0.5) is 5.69 Å². The maximum absolute atomic E-state index is 12.0. The van der Waals surface area contributed by atoms with E-state index in [1.165, 1.54) is 0 Å². The van der Waals surface area contributed by atoms with Gasteiger partial charge in [0.1, 0.15) is 0 Å². The van der Waals surface area contributed by atoms with Gasteiger partial charge in [-0.2, -0.15) is 0 Å². The van der Waals surface area contributed by atoms with Crippen LogP contribution in [0.15, 0.2) is 84.9 Å². The van der Waals surface area contributed by atoms with Gasteiger partial charge in [-0.05, 0) is 23.3 Å². The number of anilines is 1. The van der Waals surface area contributed by atoms with Crippen molar-refractivity contribution in [3.63, 3.8) is 0 Å². The molecule has 0 heterocycles. The highest BCUT2D eigenvalue weighted by atomic mass is 16.5. The number of ether oxygens (including phenoxy) is 1. The van der Waals surface area contributed by atoms with Crippen LogP contribution < -0.4 is 5.32 Å². The van der Waals surface area contributed by atoms with Crippen molar-refractivity contribution < 1.29 is 19.1 Å². The first-order valence-electron chi connectivity index (χ1n) is 9.31. The summed E-state index contributed by atoms with van der Waals surface area (Å²) in [6.07, 6.45) is -0.0157. The van der Waals surface area contributed by atoms with Crippen LogP contribution in [0.5, 0.6) is 0 Å². The van der Waals surface area contributed by atoms with Crippen LogP contribution >= 0.6 is 0 Å². The molecular weight excluding hydrogens is 366 g/mol. The lowest BCUT2D eigenvalue weighted by Crippen LogP contribution is -2.21. The van der Waals surface area contributed by atoms with Crippen molar-refractivity contribution in [1.29, 1.82) is 0 Å². The van der Waals surface area contributed by atoms with Crippen molar-refractivity contribution in [2.75, 3.05) is 11.9 Å². The lowest BCUT2D eigenvalue weighted by atomic mass is 10.1. The normalized spacial score (nSPS) is 10.2. The van der Waals surface area contributed by atoms with Gasteiger partial charge in [-0.15, -0.1) is 0 Å². The van der Waals surface area contributed by atoms with Gasteiger partial charge in [0.25, 0.3) is 5.91 Å². The fourth-order valence-electron chi connectivity index (χ4n) is 2.78. The molecule has 1 N–H and O–H groups in total. The quantitative estimate of drug-likeness (QED) is 0.456. The zero-order chi connectivity index (χ0) is 20.5. The lowest BCUT2D eigenvalue weighted by molar-refractivity contribution is -0.147. The van der Waals surface area contributed by atoms with E-state index >= 15 is 0 Å². The van der Waals surface area contributed by atoms with Crippen molar-refractivity contribution in [3.05, 3.63) is 90.5 Å². The predicted molar refractivity (Wildman–Crippen MR) is 111 cm³/mol. The number of nitrogens with one attached hydrogen (secondary N) is 1. The third-order valence-corrected chi connectivity index (χ3v) is 4.29. The Hall–Kier alpha value is -3.73. The SMILES string of the molecule is O=C(COC(=O)CCC(=O)c1ccccc1)Nc1ccc(-c2ccccc2)cc1. The van der Waals surface area contributed by atoms with Gasteiger partial charge in [0, 0.05) is 17.7 Å². The number of hydrogen-bond acceptors (Lipinski definition) is 4. The summed E-state index contributed by atoms with van der Waals surface area (Å²) in [5.41, 5.74) is 3.30. The summed E-state index contributed by atoms with van der Waals surface area (Å²) in [4.78, 5) is 35.7. The minimum atomic E-state index is -0.580. The van der Waals surface area contributed by atoms with Crippen LogP contribution in [-0.2, 0) is 14.3 Å². The minimum absolute atomic E-state index is 0.0470. The highest BCUT2D eigenvalue weighted by Crippen LogP contribution is 2.20. The van der Waals surface area contributed by atoms with Gasteiger partial charge in [0.2, 0.25) is 0 Å². The van der Waals surface area contributed by atoms with E-state index in [1.807, 2.05) is 48.5 Å². The second kappa shape index (κ2) is 9.99. The summed E-state index contributed by atoms with van der Waals surface area (Å²) < 4.78 is 4.95. The first-order valence-corrected chi connectivity index (χ1v) is 9.31. The molecule has 3 rings (SSSR count). The van der Waals surface area contributed by atoms with Crippen molar-refractivity contribution in [2.24, 2.45) is 0 Å². The monoisotopic (exact) mass is 387 g/mol. The fourth-order valence-corrected chi connectivity index (χ4v) is 2.78. The molecule has 0 unspecified atom stereocenters. The first-order chi connectivity index (χ1) is 14.1. The highest BCUT2D eigenvalue weighted by Gasteiger charge is 2.12. The van der Waals surface area contributed by atoms with E-state index < -0.39 is 18.5 Å². The molecule has 0 aliphatic rings. The van der Waals surface area contributed by atoms with E-state index in [9.17, 15) is 14.4 Å². The van der Waals surface area contributed by atoms with Gasteiger partial charge < -0.3 is 10.1 Å². The van der Waals surface area contributed by atoms with Gasteiger partial charge in [-0.25, -0.2) is 0 Å². The zero-order valence-corrected chi connectivity index (χ0v) is 15.8. The second-order valence-electron chi connectivity index (χ2n) is 6.44. The Morgan fingerprint density at radius 2 is 1.28 bits per heavy atom. The van der Waals surface area contributed by atoms with Crippen molar-refractivity contribution in [1.82, 2.24) is 0 Å². The van der Waals surface area contributed by atoms with Crippen molar-refractivity contribution in [2.45, 2.75) is 12.8 Å². The van der Waals surface area contributed by atoms with Crippen molar-refractivity contribution in [3.8, 4) is 11.1 Å². The third kappa shape index (κ3) is 6.14. The molecule has 0 aliphatic heterocycles. The van der Waals surface area contributed by atoms with Gasteiger partial charge in [-0.1, -0.05) is 72.8 Å². The highest BCUT2D eigenvalue weighted by molar-refractivity contribution is 5.98. The number of Topliss-reactive ketones (excluding diaryl/α,β-unsaturated/α-hetero) is 1. The van der Waals surface area contributed by atoms with E-state index in [-0.39, 0.29) is 18.6 Å². The largest absolute Gasteiger partial charge is 0.456 e. The average molecular weight is 387 g/mol. The van der Waals surface area contributed by atoms with E-state index in [1.54, 1.807) is 36.4 Å². The molecule has 0 saturated carbocycles. The average Bonchev–Trinajstić information content (AvgIpc) is 2.78. The van der Waals surface area contributed by atoms with Gasteiger partial charge in [0.15, 0.2) is 12.4 Å². The van der Waals surface area contributed by atoms with Gasteiger partial charge in [-0.3, -0.25) is 14.4 Å². The fraction of sp³-hybridized carbons (Fsp3) is 0.125. The number of rotatable bonds is 8. The van der Waals surface area contributed by atoms with Gasteiger partial charge in [0.05, 0.1) is 6.42 Å². The Kier molecular flexibility index (Phi) is 6.90. The van der Waals surface area contributed by atoms with Gasteiger partial charge >= 0.3 is 5.97 Å². The first kappa shape index (κ1) is 20.0. The number of amides is 1. The molecular formula is C24H21NO4. The standard InChI is InChI=1S/C24H21NO4/c26-22(20-9-5-2-6-10-20)15-16-24(28)29-17-23(27)25-21-13-11-19(12-14-21)18-7-3-1-4-8-18/h1-14H,15-17H2,(H,25,27). The van der Waals surface area contributed by atoms with Crippen LogP contribution in [0.25, 0.3) is 11.1 Å². The zero-order valence-electron chi connectivity index (χ0n) is 15.8. The molecule has 5 nitrogen and oxygen atoms in total. The van der Waals surface area contributed by atoms with E-state index in [4.69, 9.17) is 4.74 Å². The summed E-state index contributed by atoms with van der Waals surface area (Å²) in [5.74, 6) is -1.14. The Bertz CT molecular complexity index is 967. The van der Waals surface area contributed by atoms with E-state index in [0.717, 1.165) is 11.1 Å². The molecule has 0 aromatic heterocycles. The smallest absolute Gasteiger partial charge is 0.306 e. The number of carbonyl (C=O) groups is 3. The molecule has 0 atom stereocenters. The molecule has 0 bridgehead atoms. The minimum Gasteiger partial charge on any atom is -0.456 e. The summed E-state index contributed by atoms with van der Waals surface area (Å²) in [6, 6.07) is 26.1. The summed E-state index contributed by atoms with van der Waals surface area (Å²) in [6.45, 7) is -0.390. The van der Waals surface area contributed by atoms with Crippen LogP contribution in [0, 0.1) is 0 Å². The van der Waals surface area contributed by atoms with Crippen molar-refractivity contribution >= 4 is 23.3 Å². The molecule has 1 amide bonds. The topological polar surface area (TPSA) is 72.5 Å². The van der Waals surface area contributed by atoms with Crippen LogP contribution in [-0.4, -0.2) is 24.3 Å². The molecule has 146 valence electrons. The molecule has 29 heavy (non-hydrogen) atoms. The summed E-state index contributed by atoms with van der Waals surface area (Å²) >= 11 is 0. The Morgan fingerprint density at radius 3 is 1.93 bits per heavy atom. The predicted octanol–water partition coefficient (Wildman–Crippen LogP) is 4.50. The Labute approximate surface area is 169 Å². The molecule has 3 aromatic rings. The van der Waals surface area contributed by atoms with Crippen LogP contribution in [0.1, 0.15) is 23.2 Å². The molecule has 0 radical (unpaired) electrons. The number of benzene rings is 3.